The molecule has 0 aliphatic carbocycles. The van der Waals surface area contributed by atoms with Crippen molar-refractivity contribution < 1.29 is 19.1 Å². The zero-order valence-electron chi connectivity index (χ0n) is 11.7. The highest BCUT2D eigenvalue weighted by atomic mass is 79.9. The Bertz CT molecular complexity index is 237. The van der Waals surface area contributed by atoms with Crippen molar-refractivity contribution in [2.45, 2.75) is 44.9 Å². The second kappa shape index (κ2) is 9.91. The molecule has 0 saturated heterocycles. The number of nitrogens with zero attached hydrogens (tertiary/aromatic N) is 1. The molecule has 0 atom stereocenters. The summed E-state index contributed by atoms with van der Waals surface area (Å²) >= 11 is 3.24. The number of halogens is 1. The van der Waals surface area contributed by atoms with Gasteiger partial charge in [0.05, 0.1) is 6.61 Å². The van der Waals surface area contributed by atoms with Crippen LogP contribution in [0.25, 0.3) is 0 Å². The Morgan fingerprint density at radius 2 is 1.72 bits per heavy atom. The normalized spacial score (nSPS) is 12.3. The van der Waals surface area contributed by atoms with Crippen LogP contribution in [-0.4, -0.2) is 44.8 Å². The van der Waals surface area contributed by atoms with E-state index in [0.717, 1.165) is 12.5 Å². The summed E-state index contributed by atoms with van der Waals surface area (Å²) in [5, 5.41) is 0. The first-order valence-electron chi connectivity index (χ1n) is 6.47. The van der Waals surface area contributed by atoms with Crippen molar-refractivity contribution in [3.8, 4) is 0 Å². The number of ether oxygens (including phenoxy) is 2. The molecule has 108 valence electrons. The smallest absolute Gasteiger partial charge is 0.310 e. The molecule has 0 aromatic carbocycles. The second-order valence-electron chi connectivity index (χ2n) is 3.58. The van der Waals surface area contributed by atoms with Gasteiger partial charge in [-0.3, -0.25) is 14.4 Å². The van der Waals surface area contributed by atoms with Crippen LogP contribution in [0, 0.1) is 0 Å². The van der Waals surface area contributed by atoms with Crippen LogP contribution in [0.4, 0.5) is 0 Å². The summed E-state index contributed by atoms with van der Waals surface area (Å²) in [5.41, 5.74) is 0. The van der Waals surface area contributed by atoms with Crippen LogP contribution >= 0.6 is 15.9 Å². The molecule has 5 nitrogen and oxygen atoms in total. The van der Waals surface area contributed by atoms with Crippen LogP contribution in [0.2, 0.25) is 6.04 Å². The van der Waals surface area contributed by atoms with Gasteiger partial charge in [0.2, 0.25) is 0 Å². The van der Waals surface area contributed by atoms with Crippen LogP contribution in [0.15, 0.2) is 0 Å². The van der Waals surface area contributed by atoms with E-state index in [-0.39, 0.29) is 5.91 Å². The van der Waals surface area contributed by atoms with Crippen molar-refractivity contribution in [2.24, 2.45) is 0 Å². The predicted octanol–water partition coefficient (Wildman–Crippen LogP) is 1.80. The third kappa shape index (κ3) is 5.79. The summed E-state index contributed by atoms with van der Waals surface area (Å²) in [6.07, 6.45) is 1.04. The lowest BCUT2D eigenvalue weighted by molar-refractivity contribution is -0.211. The number of carbonyl (C=O) groups excluding carboxylic acids is 1. The van der Waals surface area contributed by atoms with Crippen LogP contribution in [0.3, 0.4) is 0 Å². The number of alkyl halides is 1. The molecule has 0 radical (unpaired) electrons. The van der Waals surface area contributed by atoms with Crippen LogP contribution in [-0.2, 0) is 19.1 Å². The van der Waals surface area contributed by atoms with Gasteiger partial charge in [-0.2, -0.15) is 0 Å². The second-order valence-corrected chi connectivity index (χ2v) is 6.35. The van der Waals surface area contributed by atoms with E-state index < -0.39 is 14.4 Å². The Hall–Kier alpha value is 0.0469. The van der Waals surface area contributed by atoms with Crippen molar-refractivity contribution in [1.82, 2.24) is 4.73 Å². The van der Waals surface area contributed by atoms with E-state index in [9.17, 15) is 4.79 Å². The van der Waals surface area contributed by atoms with Gasteiger partial charge in [0, 0.05) is 13.2 Å². The van der Waals surface area contributed by atoms with E-state index in [2.05, 4.69) is 22.9 Å². The van der Waals surface area contributed by atoms with E-state index >= 15 is 0 Å². The van der Waals surface area contributed by atoms with Crippen molar-refractivity contribution in [1.29, 1.82) is 0 Å². The Kier molecular flexibility index (Phi) is 9.94. The fraction of sp³-hybridized carbons (Fsp3) is 0.909. The van der Waals surface area contributed by atoms with Crippen LogP contribution in [0.1, 0.15) is 34.1 Å². The lowest BCUT2D eigenvalue weighted by Crippen LogP contribution is -2.50. The predicted molar refractivity (Wildman–Crippen MR) is 77.0 cm³/mol. The van der Waals surface area contributed by atoms with E-state index in [1.807, 2.05) is 20.8 Å². The zero-order valence-corrected chi connectivity index (χ0v) is 14.7. The average Bonchev–Trinajstić information content (AvgIpc) is 2.34. The molecule has 1 amide bonds. The summed E-state index contributed by atoms with van der Waals surface area (Å²) in [5.74, 6) is -0.298. The zero-order chi connectivity index (χ0) is 14.0. The SMILES string of the molecule is CCC[SiH2]N(OCC)C(=O)C(Br)(OCC)OCC. The molecule has 7 heteroatoms. The summed E-state index contributed by atoms with van der Waals surface area (Å²) in [6.45, 7) is 8.81. The highest BCUT2D eigenvalue weighted by molar-refractivity contribution is 9.10. The third-order valence-corrected chi connectivity index (χ3v) is 4.84. The van der Waals surface area contributed by atoms with Crippen molar-refractivity contribution >= 4 is 31.5 Å². The highest BCUT2D eigenvalue weighted by Crippen LogP contribution is 2.25. The van der Waals surface area contributed by atoms with Gasteiger partial charge in [0.15, 0.2) is 9.68 Å². The maximum absolute atomic E-state index is 12.4. The minimum atomic E-state index is -1.41. The maximum atomic E-state index is 12.4. The Morgan fingerprint density at radius 3 is 2.11 bits per heavy atom. The molecule has 18 heavy (non-hydrogen) atoms. The van der Waals surface area contributed by atoms with Crippen molar-refractivity contribution in [3.05, 3.63) is 0 Å². The number of amides is 1. The fourth-order valence-electron chi connectivity index (χ4n) is 1.37. The van der Waals surface area contributed by atoms with E-state index in [4.69, 9.17) is 14.3 Å². The van der Waals surface area contributed by atoms with Crippen molar-refractivity contribution in [2.75, 3.05) is 19.8 Å². The summed E-state index contributed by atoms with van der Waals surface area (Å²) in [7, 11) is -0.775. The quantitative estimate of drug-likeness (QED) is 0.263. The standard InChI is InChI=1S/C11H24BrNO4Si/c1-5-9-18-13(17-8-4)10(14)11(12,15-6-2)16-7-3/h5-9,18H2,1-4H3. The molecular formula is C11H24BrNO4Si. The molecule has 0 heterocycles. The molecule has 0 saturated carbocycles. The fourth-order valence-corrected chi connectivity index (χ4v) is 3.58. The van der Waals surface area contributed by atoms with E-state index in [0.29, 0.717) is 19.8 Å². The maximum Gasteiger partial charge on any atom is 0.310 e. The first-order valence-corrected chi connectivity index (χ1v) is 8.89. The molecule has 0 aliphatic heterocycles. The van der Waals surface area contributed by atoms with Gasteiger partial charge in [-0.05, 0) is 42.7 Å². The molecule has 0 fully saturated rings. The lowest BCUT2D eigenvalue weighted by atomic mass is 10.6. The number of hydrogen-bond acceptors (Lipinski definition) is 4. The molecular weight excluding hydrogens is 318 g/mol. The number of rotatable bonds is 10. The lowest BCUT2D eigenvalue weighted by Gasteiger charge is -2.31. The first kappa shape index (κ1) is 18.0. The molecule has 0 N–H and O–H groups in total. The molecule has 0 aromatic heterocycles. The van der Waals surface area contributed by atoms with Gasteiger partial charge in [-0.1, -0.05) is 13.3 Å². The van der Waals surface area contributed by atoms with Crippen molar-refractivity contribution in [3.63, 3.8) is 0 Å². The minimum absolute atomic E-state index is 0.298. The average molecular weight is 342 g/mol. The molecule has 0 aromatic rings. The third-order valence-electron chi connectivity index (χ3n) is 2.14. The monoisotopic (exact) mass is 341 g/mol. The van der Waals surface area contributed by atoms with Crippen LogP contribution in [0.5, 0.6) is 0 Å². The van der Waals surface area contributed by atoms with Gasteiger partial charge in [-0.25, -0.2) is 0 Å². The minimum Gasteiger partial charge on any atom is -0.334 e. The Balaban J connectivity index is 4.75. The Morgan fingerprint density at radius 1 is 1.17 bits per heavy atom. The first-order chi connectivity index (χ1) is 8.55. The van der Waals surface area contributed by atoms with E-state index in [1.165, 1.54) is 4.73 Å². The molecule has 0 aliphatic rings. The van der Waals surface area contributed by atoms with Crippen LogP contribution < -0.4 is 0 Å². The summed E-state index contributed by atoms with van der Waals surface area (Å²) < 4.78 is 10.8. The van der Waals surface area contributed by atoms with E-state index in [1.54, 1.807) is 0 Å². The Labute approximate surface area is 120 Å². The molecule has 0 unspecified atom stereocenters. The summed E-state index contributed by atoms with van der Waals surface area (Å²) in [6, 6.07) is 1.01. The summed E-state index contributed by atoms with van der Waals surface area (Å²) in [4.78, 5) is 17.8. The highest BCUT2D eigenvalue weighted by Gasteiger charge is 2.41. The van der Waals surface area contributed by atoms with Gasteiger partial charge < -0.3 is 9.47 Å². The molecule has 0 bridgehead atoms. The molecule has 0 rings (SSSR count). The molecule has 0 spiro atoms. The topological polar surface area (TPSA) is 48.0 Å². The largest absolute Gasteiger partial charge is 0.334 e. The van der Waals surface area contributed by atoms with Gasteiger partial charge in [0.25, 0.3) is 0 Å². The number of carbonyl (C=O) groups is 1. The van der Waals surface area contributed by atoms with Gasteiger partial charge in [-0.15, -0.1) is 0 Å². The number of hydroxylamine groups is 1. The van der Waals surface area contributed by atoms with Gasteiger partial charge >= 0.3 is 10.6 Å². The van der Waals surface area contributed by atoms with Gasteiger partial charge in [0.1, 0.15) is 0 Å². The number of hydrogen-bond donors (Lipinski definition) is 0.